The summed E-state index contributed by atoms with van der Waals surface area (Å²) in [5.41, 5.74) is 1.94. The van der Waals surface area contributed by atoms with Crippen molar-refractivity contribution in [3.63, 3.8) is 0 Å². The lowest BCUT2D eigenvalue weighted by Crippen LogP contribution is -2.48. The third kappa shape index (κ3) is 4.46. The van der Waals surface area contributed by atoms with Gasteiger partial charge in [-0.2, -0.15) is 0 Å². The quantitative estimate of drug-likeness (QED) is 0.448. The molecule has 1 unspecified atom stereocenters. The highest BCUT2D eigenvalue weighted by atomic mass is 16.6. The van der Waals surface area contributed by atoms with Gasteiger partial charge in [0.15, 0.2) is 12.5 Å². The van der Waals surface area contributed by atoms with E-state index >= 15 is 0 Å². The fraction of sp³-hybridized carbons (Fsp3) is 0.407. The first-order valence-corrected chi connectivity index (χ1v) is 11.9. The number of piperidine rings is 1. The van der Waals surface area contributed by atoms with E-state index in [-0.39, 0.29) is 49.3 Å². The number of rotatable bonds is 7. The number of carbonyl (C=O) groups is 4. The number of likely N-dealkylation sites (tertiary alicyclic amines) is 1. The van der Waals surface area contributed by atoms with Crippen LogP contribution in [-0.2, 0) is 30.5 Å². The Morgan fingerprint density at radius 2 is 1.74 bits per heavy atom. The maximum atomic E-state index is 13.2. The summed E-state index contributed by atoms with van der Waals surface area (Å²) >= 11 is 0. The average Bonchev–Trinajstić information content (AvgIpc) is 3.56. The molecule has 0 spiro atoms. The molecule has 2 bridgehead atoms. The number of fused-ring (bicyclic) bond motifs is 2. The lowest BCUT2D eigenvalue weighted by molar-refractivity contribution is -0.143. The zero-order valence-electron chi connectivity index (χ0n) is 19.5. The van der Waals surface area contributed by atoms with Crippen molar-refractivity contribution in [3.8, 4) is 0 Å². The number of ketones is 2. The van der Waals surface area contributed by atoms with E-state index in [9.17, 15) is 19.2 Å². The largest absolute Gasteiger partial charge is 0.444 e. The molecule has 0 aromatic heterocycles. The number of esters is 1. The van der Waals surface area contributed by atoms with Gasteiger partial charge in [0.1, 0.15) is 18.4 Å². The molecular weight excluding hydrogens is 448 g/mol. The van der Waals surface area contributed by atoms with Crippen molar-refractivity contribution in [3.05, 3.63) is 71.8 Å². The molecule has 182 valence electrons. The molecule has 2 saturated heterocycles. The maximum absolute atomic E-state index is 13.2. The van der Waals surface area contributed by atoms with Crippen LogP contribution in [0.15, 0.2) is 60.7 Å². The normalized spacial score (nSPS) is 26.6. The summed E-state index contributed by atoms with van der Waals surface area (Å²) in [7, 11) is 0. The standard InChI is InChI=1S/C27H28N2O6/c1-17(19-10-6-3-7-11-19)28-14-20-12-21(28)25(31)24(20)23(30)13-22-26(32)35-16-29(22)27(33)34-15-18-8-4-2-5-9-18/h2-11,17,20-22,24H,12-16H2,1H3/t17-,20+,21+,22-,24?/m1/s1. The van der Waals surface area contributed by atoms with Gasteiger partial charge in [-0.3, -0.25) is 19.4 Å². The van der Waals surface area contributed by atoms with E-state index in [0.29, 0.717) is 13.0 Å². The molecule has 8 nitrogen and oxygen atoms in total. The molecule has 3 aliphatic rings. The number of cyclic esters (lactones) is 1. The molecule has 1 aliphatic carbocycles. The van der Waals surface area contributed by atoms with Crippen molar-refractivity contribution in [2.75, 3.05) is 13.3 Å². The number of carbonyl (C=O) groups excluding carboxylic acids is 4. The van der Waals surface area contributed by atoms with Gasteiger partial charge in [0.25, 0.3) is 0 Å². The van der Waals surface area contributed by atoms with Gasteiger partial charge >= 0.3 is 12.1 Å². The molecule has 0 radical (unpaired) electrons. The molecule has 2 aliphatic heterocycles. The summed E-state index contributed by atoms with van der Waals surface area (Å²) in [6.07, 6.45) is -0.322. The van der Waals surface area contributed by atoms with E-state index in [2.05, 4.69) is 11.8 Å². The van der Waals surface area contributed by atoms with E-state index in [1.807, 2.05) is 60.7 Å². The molecule has 1 saturated carbocycles. The van der Waals surface area contributed by atoms with Crippen LogP contribution >= 0.6 is 0 Å². The highest BCUT2D eigenvalue weighted by Crippen LogP contribution is 2.44. The van der Waals surface area contributed by atoms with E-state index in [1.54, 1.807) is 0 Å². The van der Waals surface area contributed by atoms with Gasteiger partial charge in [-0.25, -0.2) is 9.59 Å². The topological polar surface area (TPSA) is 93.2 Å². The van der Waals surface area contributed by atoms with Crippen molar-refractivity contribution >= 4 is 23.6 Å². The molecule has 2 aromatic carbocycles. The monoisotopic (exact) mass is 476 g/mol. The van der Waals surface area contributed by atoms with Crippen molar-refractivity contribution in [1.29, 1.82) is 0 Å². The minimum atomic E-state index is -1.07. The second-order valence-electron chi connectivity index (χ2n) is 9.46. The zero-order chi connectivity index (χ0) is 24.5. The molecule has 5 atom stereocenters. The summed E-state index contributed by atoms with van der Waals surface area (Å²) in [6, 6.07) is 17.9. The molecule has 3 fully saturated rings. The fourth-order valence-corrected chi connectivity index (χ4v) is 5.57. The Hall–Kier alpha value is -3.52. The van der Waals surface area contributed by atoms with Crippen LogP contribution in [-0.4, -0.2) is 58.8 Å². The molecule has 8 heteroatoms. The highest BCUT2D eigenvalue weighted by molar-refractivity contribution is 6.08. The van der Waals surface area contributed by atoms with Gasteiger partial charge in [0.2, 0.25) is 0 Å². The number of amides is 1. The van der Waals surface area contributed by atoms with E-state index in [1.165, 1.54) is 0 Å². The van der Waals surface area contributed by atoms with Crippen LogP contribution in [0.4, 0.5) is 4.79 Å². The summed E-state index contributed by atoms with van der Waals surface area (Å²) < 4.78 is 10.4. The maximum Gasteiger partial charge on any atom is 0.413 e. The lowest BCUT2D eigenvalue weighted by atomic mass is 9.86. The number of benzene rings is 2. The van der Waals surface area contributed by atoms with Crippen molar-refractivity contribution in [2.45, 2.75) is 44.5 Å². The van der Waals surface area contributed by atoms with Crippen LogP contribution in [0.2, 0.25) is 0 Å². The smallest absolute Gasteiger partial charge is 0.413 e. The minimum Gasteiger partial charge on any atom is -0.444 e. The minimum absolute atomic E-state index is 0.0470. The first kappa shape index (κ1) is 23.2. The summed E-state index contributed by atoms with van der Waals surface area (Å²) in [6.45, 7) is 2.51. The number of Topliss-reactive ketones (excluding diaryl/α,β-unsaturated/α-hetero) is 2. The highest BCUT2D eigenvalue weighted by Gasteiger charge is 2.55. The van der Waals surface area contributed by atoms with Gasteiger partial charge in [-0.05, 0) is 30.4 Å². The predicted molar refractivity (Wildman–Crippen MR) is 125 cm³/mol. The molecule has 2 aromatic rings. The van der Waals surface area contributed by atoms with Crippen LogP contribution in [0.5, 0.6) is 0 Å². The molecule has 5 rings (SSSR count). The number of hydrogen-bond acceptors (Lipinski definition) is 7. The second kappa shape index (κ2) is 9.62. The summed E-state index contributed by atoms with van der Waals surface area (Å²) in [5.74, 6) is -1.86. The Balaban J connectivity index is 1.21. The number of nitrogens with zero attached hydrogens (tertiary/aromatic N) is 2. The number of hydrogen-bond donors (Lipinski definition) is 0. The van der Waals surface area contributed by atoms with Gasteiger partial charge < -0.3 is 9.47 Å². The first-order valence-electron chi connectivity index (χ1n) is 11.9. The van der Waals surface area contributed by atoms with E-state index < -0.39 is 24.0 Å². The first-order chi connectivity index (χ1) is 16.9. The van der Waals surface area contributed by atoms with E-state index in [4.69, 9.17) is 9.47 Å². The molecule has 1 amide bonds. The van der Waals surface area contributed by atoms with Gasteiger partial charge in [-0.15, -0.1) is 0 Å². The number of ether oxygens (including phenoxy) is 2. The van der Waals surface area contributed by atoms with Gasteiger partial charge in [0, 0.05) is 19.0 Å². The van der Waals surface area contributed by atoms with Crippen LogP contribution in [0.3, 0.4) is 0 Å². The van der Waals surface area contributed by atoms with Crippen molar-refractivity contribution < 1.29 is 28.7 Å². The second-order valence-corrected chi connectivity index (χ2v) is 9.46. The fourth-order valence-electron chi connectivity index (χ4n) is 5.57. The molecular formula is C27H28N2O6. The Morgan fingerprint density at radius 3 is 2.43 bits per heavy atom. The molecule has 35 heavy (non-hydrogen) atoms. The van der Waals surface area contributed by atoms with E-state index in [0.717, 1.165) is 16.0 Å². The zero-order valence-corrected chi connectivity index (χ0v) is 19.5. The van der Waals surface area contributed by atoms with Crippen LogP contribution in [0.25, 0.3) is 0 Å². The third-order valence-corrected chi connectivity index (χ3v) is 7.43. The van der Waals surface area contributed by atoms with Crippen molar-refractivity contribution in [1.82, 2.24) is 9.80 Å². The predicted octanol–water partition coefficient (Wildman–Crippen LogP) is 3.12. The van der Waals surface area contributed by atoms with Gasteiger partial charge in [-0.1, -0.05) is 60.7 Å². The molecule has 0 N–H and O–H groups in total. The Labute approximate surface area is 203 Å². The summed E-state index contributed by atoms with van der Waals surface area (Å²) in [4.78, 5) is 54.7. The lowest BCUT2D eigenvalue weighted by Gasteiger charge is -2.35. The Kier molecular flexibility index (Phi) is 6.38. The Bertz CT molecular complexity index is 1120. The molecule has 2 heterocycles. The van der Waals surface area contributed by atoms with Gasteiger partial charge in [0.05, 0.1) is 12.0 Å². The average molecular weight is 477 g/mol. The van der Waals surface area contributed by atoms with Crippen LogP contribution in [0.1, 0.15) is 36.9 Å². The van der Waals surface area contributed by atoms with Crippen LogP contribution < -0.4 is 0 Å². The van der Waals surface area contributed by atoms with Crippen LogP contribution in [0, 0.1) is 11.8 Å². The Morgan fingerprint density at radius 1 is 1.06 bits per heavy atom. The third-order valence-electron chi connectivity index (χ3n) is 7.43. The summed E-state index contributed by atoms with van der Waals surface area (Å²) in [5, 5.41) is 0. The van der Waals surface area contributed by atoms with Crippen molar-refractivity contribution in [2.24, 2.45) is 11.8 Å². The SMILES string of the molecule is C[C@H](c1ccccc1)N1C[C@@H]2C[C@H]1C(=O)C2C(=O)C[C@@H]1C(=O)OCN1C(=O)OCc1ccccc1.